The molecule has 4 nitrogen and oxygen atoms in total. The highest BCUT2D eigenvalue weighted by Crippen LogP contribution is 2.20. The average Bonchev–Trinajstić information content (AvgIpc) is 3.47. The highest BCUT2D eigenvalue weighted by Gasteiger charge is 2.35. The third-order valence-electron chi connectivity index (χ3n) is 10.2. The van der Waals surface area contributed by atoms with Crippen molar-refractivity contribution >= 4 is 11.7 Å². The van der Waals surface area contributed by atoms with Gasteiger partial charge in [-0.05, 0) is 71.1 Å². The van der Waals surface area contributed by atoms with Gasteiger partial charge in [0.15, 0.2) is 5.84 Å². The van der Waals surface area contributed by atoms with Crippen LogP contribution in [0.2, 0.25) is 0 Å². The van der Waals surface area contributed by atoms with Gasteiger partial charge in [-0.25, -0.2) is 4.99 Å². The summed E-state index contributed by atoms with van der Waals surface area (Å²) in [6.45, 7) is 11.8. The van der Waals surface area contributed by atoms with Gasteiger partial charge in [0, 0.05) is 12.8 Å². The summed E-state index contributed by atoms with van der Waals surface area (Å²) in [6, 6.07) is 0. The standard InChI is InChI=1S/C42H79N3O/c1-4-7-9-11-13-15-17-19-21-23-25-27-29-31-33-35-41-43-37-39-45(41,6-3)40-38-44-42(46)36-34-32-30-28-26-24-22-20-18-16-14-12-10-8-5-2/h19-22H,4-18,23-40H2,1-3H3/p+1/b21-19+,22-20+. The molecular formula is C42H80N3O+. The largest absolute Gasteiger partial charge is 0.350 e. The van der Waals surface area contributed by atoms with Crippen LogP contribution in [0.25, 0.3) is 0 Å². The van der Waals surface area contributed by atoms with Crippen molar-refractivity contribution < 1.29 is 9.28 Å². The van der Waals surface area contributed by atoms with E-state index < -0.39 is 0 Å². The molecule has 1 atom stereocenters. The molecule has 0 aromatic rings. The fraction of sp³-hybridized carbons (Fsp3) is 0.857. The summed E-state index contributed by atoms with van der Waals surface area (Å²) >= 11 is 0. The number of allylic oxidation sites excluding steroid dienone is 4. The molecule has 1 amide bonds. The number of rotatable bonds is 34. The molecule has 1 aliphatic rings. The SMILES string of the molecule is CCCCCCCC/C=C/CCCCCCCC(=O)NCC[N+]1(CC)CCN=C1CCCCCCC/C=C/CCCCCCCC. The Morgan fingerprint density at radius 2 is 1.04 bits per heavy atom. The molecule has 0 radical (unpaired) electrons. The van der Waals surface area contributed by atoms with Gasteiger partial charge in [0.05, 0.1) is 19.6 Å². The monoisotopic (exact) mass is 643 g/mol. The van der Waals surface area contributed by atoms with Crippen LogP contribution in [0.4, 0.5) is 0 Å². The number of quaternary nitrogens is 1. The second-order valence-electron chi connectivity index (χ2n) is 14.2. The van der Waals surface area contributed by atoms with Crippen LogP contribution < -0.4 is 5.32 Å². The number of hydrogen-bond acceptors (Lipinski definition) is 2. The van der Waals surface area contributed by atoms with Gasteiger partial charge in [-0.3, -0.25) is 9.28 Å². The number of carbonyl (C=O) groups excluding carboxylic acids is 1. The molecule has 0 saturated carbocycles. The number of amidine groups is 1. The third kappa shape index (κ3) is 23.8. The first-order valence-electron chi connectivity index (χ1n) is 20.6. The normalized spacial score (nSPS) is 16.6. The van der Waals surface area contributed by atoms with Crippen molar-refractivity contribution in [1.82, 2.24) is 5.32 Å². The zero-order valence-corrected chi connectivity index (χ0v) is 31.4. The number of likely N-dealkylation sites (N-methyl/N-ethyl adjacent to an activating group) is 1. The van der Waals surface area contributed by atoms with Crippen LogP contribution in [-0.2, 0) is 4.79 Å². The molecule has 1 aliphatic heterocycles. The lowest BCUT2D eigenvalue weighted by molar-refractivity contribution is -0.833. The predicted octanol–water partition coefficient (Wildman–Crippen LogP) is 12.4. The lowest BCUT2D eigenvalue weighted by Gasteiger charge is -2.34. The molecule has 1 unspecified atom stereocenters. The number of amides is 1. The summed E-state index contributed by atoms with van der Waals surface area (Å²) in [6.07, 6.45) is 45.7. The third-order valence-corrected chi connectivity index (χ3v) is 10.2. The fourth-order valence-electron chi connectivity index (χ4n) is 6.91. The Balaban J connectivity index is 2.01. The number of nitrogens with zero attached hydrogens (tertiary/aromatic N) is 2. The maximum absolute atomic E-state index is 12.5. The van der Waals surface area contributed by atoms with Gasteiger partial charge >= 0.3 is 0 Å². The van der Waals surface area contributed by atoms with Gasteiger partial charge in [-0.1, -0.05) is 141 Å². The molecule has 0 aromatic heterocycles. The number of carbonyl (C=O) groups is 1. The molecule has 0 aliphatic carbocycles. The molecule has 46 heavy (non-hydrogen) atoms. The van der Waals surface area contributed by atoms with E-state index in [1.165, 1.54) is 166 Å². The number of unbranched alkanes of at least 4 members (excludes halogenated alkanes) is 22. The van der Waals surface area contributed by atoms with E-state index in [2.05, 4.69) is 50.4 Å². The molecule has 0 saturated heterocycles. The van der Waals surface area contributed by atoms with Gasteiger partial charge in [0.25, 0.3) is 0 Å². The Morgan fingerprint density at radius 3 is 1.52 bits per heavy atom. The van der Waals surface area contributed by atoms with Crippen molar-refractivity contribution in [3.8, 4) is 0 Å². The molecule has 268 valence electrons. The number of hydrogen-bond donors (Lipinski definition) is 1. The Hall–Kier alpha value is -1.42. The quantitative estimate of drug-likeness (QED) is 0.0423. The van der Waals surface area contributed by atoms with Crippen molar-refractivity contribution in [2.45, 2.75) is 201 Å². The van der Waals surface area contributed by atoms with Crippen molar-refractivity contribution in [1.29, 1.82) is 0 Å². The summed E-state index contributed by atoms with van der Waals surface area (Å²) in [4.78, 5) is 17.4. The van der Waals surface area contributed by atoms with E-state index >= 15 is 0 Å². The van der Waals surface area contributed by atoms with Crippen LogP contribution in [0.15, 0.2) is 29.3 Å². The second kappa shape index (κ2) is 32.1. The average molecular weight is 643 g/mol. The zero-order chi connectivity index (χ0) is 33.2. The summed E-state index contributed by atoms with van der Waals surface area (Å²) in [5, 5.41) is 3.24. The molecule has 1 heterocycles. The van der Waals surface area contributed by atoms with Crippen LogP contribution in [0, 0.1) is 0 Å². The van der Waals surface area contributed by atoms with Gasteiger partial charge in [0.2, 0.25) is 5.91 Å². The highest BCUT2D eigenvalue weighted by molar-refractivity contribution is 5.77. The molecule has 0 aromatic carbocycles. The minimum atomic E-state index is 0.238. The first kappa shape index (κ1) is 42.6. The minimum absolute atomic E-state index is 0.238. The summed E-state index contributed by atoms with van der Waals surface area (Å²) in [5.74, 6) is 1.63. The first-order chi connectivity index (χ1) is 22.7. The summed E-state index contributed by atoms with van der Waals surface area (Å²) in [5.41, 5.74) is 0. The van der Waals surface area contributed by atoms with Crippen molar-refractivity contribution in [3.05, 3.63) is 24.3 Å². The zero-order valence-electron chi connectivity index (χ0n) is 31.4. The smallest absolute Gasteiger partial charge is 0.220 e. The van der Waals surface area contributed by atoms with E-state index in [9.17, 15) is 4.79 Å². The van der Waals surface area contributed by atoms with E-state index in [1.807, 2.05) is 0 Å². The Morgan fingerprint density at radius 1 is 0.609 bits per heavy atom. The maximum Gasteiger partial charge on any atom is 0.220 e. The van der Waals surface area contributed by atoms with E-state index in [-0.39, 0.29) is 5.91 Å². The molecule has 0 bridgehead atoms. The molecular weight excluding hydrogens is 562 g/mol. The number of nitrogens with one attached hydrogen (secondary N) is 1. The van der Waals surface area contributed by atoms with Crippen LogP contribution in [0.5, 0.6) is 0 Å². The second-order valence-corrected chi connectivity index (χ2v) is 14.2. The predicted molar refractivity (Wildman–Crippen MR) is 205 cm³/mol. The first-order valence-corrected chi connectivity index (χ1v) is 20.6. The minimum Gasteiger partial charge on any atom is -0.350 e. The van der Waals surface area contributed by atoms with Crippen LogP contribution in [0.1, 0.15) is 201 Å². The van der Waals surface area contributed by atoms with Crippen molar-refractivity contribution in [2.24, 2.45) is 4.99 Å². The molecule has 0 spiro atoms. The Bertz CT molecular complexity index is 773. The van der Waals surface area contributed by atoms with Crippen LogP contribution >= 0.6 is 0 Å². The van der Waals surface area contributed by atoms with E-state index in [0.29, 0.717) is 6.42 Å². The molecule has 0 fully saturated rings. The van der Waals surface area contributed by atoms with Crippen LogP contribution in [-0.4, -0.2) is 48.9 Å². The molecule has 4 heteroatoms. The number of aliphatic imine (C=N–C) groups is 1. The lowest BCUT2D eigenvalue weighted by atomic mass is 10.1. The van der Waals surface area contributed by atoms with Gasteiger partial charge in [-0.15, -0.1) is 0 Å². The lowest BCUT2D eigenvalue weighted by Crippen LogP contribution is -2.54. The topological polar surface area (TPSA) is 41.5 Å². The maximum atomic E-state index is 12.5. The van der Waals surface area contributed by atoms with E-state index in [4.69, 9.17) is 4.99 Å². The van der Waals surface area contributed by atoms with Crippen LogP contribution in [0.3, 0.4) is 0 Å². The molecule has 1 N–H and O–H groups in total. The Kier molecular flexibility index (Phi) is 29.8. The van der Waals surface area contributed by atoms with Gasteiger partial charge in [0.1, 0.15) is 13.1 Å². The highest BCUT2D eigenvalue weighted by atomic mass is 16.1. The van der Waals surface area contributed by atoms with Gasteiger partial charge in [-0.2, -0.15) is 0 Å². The summed E-state index contributed by atoms with van der Waals surface area (Å²) in [7, 11) is 0. The van der Waals surface area contributed by atoms with E-state index in [0.717, 1.165) is 50.0 Å². The van der Waals surface area contributed by atoms with Gasteiger partial charge < -0.3 is 5.32 Å². The molecule has 1 rings (SSSR count). The summed E-state index contributed by atoms with van der Waals surface area (Å²) < 4.78 is 0.997. The fourth-order valence-corrected chi connectivity index (χ4v) is 6.91. The van der Waals surface area contributed by atoms with Crippen molar-refractivity contribution in [3.63, 3.8) is 0 Å². The van der Waals surface area contributed by atoms with Crippen molar-refractivity contribution in [2.75, 3.05) is 32.7 Å². The Labute approximate surface area is 288 Å². The van der Waals surface area contributed by atoms with E-state index in [1.54, 1.807) is 0 Å².